The summed E-state index contributed by atoms with van der Waals surface area (Å²) in [5, 5.41) is 22.5. The summed E-state index contributed by atoms with van der Waals surface area (Å²) in [5.41, 5.74) is -0.506. The molecule has 0 spiro atoms. The van der Waals surface area contributed by atoms with Crippen LogP contribution in [-0.4, -0.2) is 30.5 Å². The van der Waals surface area contributed by atoms with Crippen LogP contribution in [0.3, 0.4) is 0 Å². The summed E-state index contributed by atoms with van der Waals surface area (Å²) in [6, 6.07) is 9.63. The highest BCUT2D eigenvalue weighted by molar-refractivity contribution is 7.90. The Hall–Kier alpha value is -3.91. The monoisotopic (exact) mass is 482 g/mol. The molecule has 0 bridgehead atoms. The first kappa shape index (κ1) is 21.9. The first-order valence-electron chi connectivity index (χ1n) is 10.6. The number of hydrogen-bond donors (Lipinski definition) is 2. The van der Waals surface area contributed by atoms with Gasteiger partial charge in [0.1, 0.15) is 33.8 Å². The maximum atomic E-state index is 14.0. The Morgan fingerprint density at radius 2 is 2.06 bits per heavy atom. The Morgan fingerprint density at radius 1 is 1.26 bits per heavy atom. The molecule has 1 aromatic heterocycles. The molecule has 0 amide bonds. The minimum Gasteiger partial charge on any atom is -0.506 e. The first-order chi connectivity index (χ1) is 16.3. The van der Waals surface area contributed by atoms with E-state index in [0.29, 0.717) is 18.0 Å². The molecule has 3 aromatic rings. The number of sulfonamides is 1. The van der Waals surface area contributed by atoms with Crippen LogP contribution < -0.4 is 15.6 Å². The number of rotatable bonds is 6. The highest BCUT2D eigenvalue weighted by atomic mass is 32.2. The summed E-state index contributed by atoms with van der Waals surface area (Å²) < 4.78 is 50.2. The third kappa shape index (κ3) is 3.86. The van der Waals surface area contributed by atoms with Crippen molar-refractivity contribution in [2.75, 3.05) is 11.9 Å². The molecule has 1 fully saturated rings. The van der Waals surface area contributed by atoms with E-state index in [1.807, 2.05) is 0 Å². The molecule has 2 N–H and O–H groups in total. The van der Waals surface area contributed by atoms with Gasteiger partial charge in [-0.25, -0.2) is 4.39 Å². The molecule has 2 aliphatic rings. The van der Waals surface area contributed by atoms with Crippen LogP contribution in [0.1, 0.15) is 24.8 Å². The number of anilines is 1. The van der Waals surface area contributed by atoms with E-state index >= 15 is 0 Å². The van der Waals surface area contributed by atoms with Gasteiger partial charge in [-0.3, -0.25) is 4.79 Å². The van der Waals surface area contributed by atoms with Gasteiger partial charge in [0, 0.05) is 18.0 Å². The van der Waals surface area contributed by atoms with E-state index in [-0.39, 0.29) is 39.7 Å². The van der Waals surface area contributed by atoms with Crippen molar-refractivity contribution in [1.82, 2.24) is 4.57 Å². The molecule has 1 saturated carbocycles. The van der Waals surface area contributed by atoms with E-state index in [9.17, 15) is 22.7 Å². The summed E-state index contributed by atoms with van der Waals surface area (Å²) >= 11 is 0. The summed E-state index contributed by atoms with van der Waals surface area (Å²) in [5.74, 6) is -0.846. The van der Waals surface area contributed by atoms with Crippen molar-refractivity contribution in [2.24, 2.45) is 10.3 Å². The van der Waals surface area contributed by atoms with E-state index < -0.39 is 27.1 Å². The van der Waals surface area contributed by atoms with Gasteiger partial charge in [-0.15, -0.1) is 4.40 Å². The molecule has 34 heavy (non-hydrogen) atoms. The van der Waals surface area contributed by atoms with Crippen molar-refractivity contribution < 1.29 is 22.7 Å². The van der Waals surface area contributed by atoms with Crippen molar-refractivity contribution in [3.63, 3.8) is 0 Å². The minimum atomic E-state index is -4.28. The van der Waals surface area contributed by atoms with Gasteiger partial charge in [0.15, 0.2) is 12.4 Å². The van der Waals surface area contributed by atoms with Crippen LogP contribution in [-0.2, 0) is 16.6 Å². The number of aryl methyl sites for hydroxylation is 1. The van der Waals surface area contributed by atoms with Gasteiger partial charge >= 0.3 is 0 Å². The number of aromatic nitrogens is 1. The molecule has 11 heteroatoms. The van der Waals surface area contributed by atoms with E-state index in [2.05, 4.69) is 9.71 Å². The molecular weight excluding hydrogens is 463 g/mol. The third-order valence-electron chi connectivity index (χ3n) is 5.89. The Morgan fingerprint density at radius 3 is 2.79 bits per heavy atom. The van der Waals surface area contributed by atoms with Crippen LogP contribution in [0.15, 0.2) is 50.5 Å². The summed E-state index contributed by atoms with van der Waals surface area (Å²) in [6.45, 7) is 0.0812. The van der Waals surface area contributed by atoms with E-state index in [1.54, 1.807) is 6.07 Å². The number of ether oxygens (including phenoxy) is 1. The lowest BCUT2D eigenvalue weighted by Crippen LogP contribution is -2.33. The Balaban J connectivity index is 1.66. The highest BCUT2D eigenvalue weighted by Crippen LogP contribution is 2.36. The molecule has 0 atom stereocenters. The normalized spacial score (nSPS) is 16.3. The van der Waals surface area contributed by atoms with Crippen molar-refractivity contribution >= 4 is 32.4 Å². The first-order valence-corrected chi connectivity index (χ1v) is 12.0. The zero-order valence-corrected chi connectivity index (χ0v) is 18.6. The second-order valence-electron chi connectivity index (χ2n) is 8.22. The molecule has 1 aliphatic carbocycles. The maximum absolute atomic E-state index is 14.0. The average Bonchev–Trinajstić information content (AvgIpc) is 3.62. The predicted octanol–water partition coefficient (Wildman–Crippen LogP) is 3.11. The van der Waals surface area contributed by atoms with Gasteiger partial charge in [0.2, 0.25) is 0 Å². The molecular formula is C23H19FN4O5S. The van der Waals surface area contributed by atoms with Gasteiger partial charge in [0.25, 0.3) is 15.6 Å². The molecule has 2 heterocycles. The number of benzene rings is 2. The zero-order chi connectivity index (χ0) is 24.0. The van der Waals surface area contributed by atoms with Crippen molar-refractivity contribution in [1.29, 1.82) is 5.26 Å². The Labute approximate surface area is 193 Å². The quantitative estimate of drug-likeness (QED) is 0.551. The number of halogens is 1. The second-order valence-corrected chi connectivity index (χ2v) is 9.79. The van der Waals surface area contributed by atoms with Gasteiger partial charge in [0.05, 0.1) is 11.2 Å². The smallest absolute Gasteiger partial charge is 0.286 e. The third-order valence-corrected chi connectivity index (χ3v) is 7.21. The zero-order valence-electron chi connectivity index (χ0n) is 17.8. The number of amidine groups is 1. The molecule has 9 nitrogen and oxygen atoms in total. The fourth-order valence-corrected chi connectivity index (χ4v) is 5.16. The Kier molecular flexibility index (Phi) is 5.25. The van der Waals surface area contributed by atoms with Crippen LogP contribution in [0, 0.1) is 23.1 Å². The van der Waals surface area contributed by atoms with E-state index in [4.69, 9.17) is 10.00 Å². The van der Waals surface area contributed by atoms with Crippen LogP contribution in [0.25, 0.3) is 10.9 Å². The molecule has 0 unspecified atom stereocenters. The molecule has 5 rings (SSSR count). The fourth-order valence-electron chi connectivity index (χ4n) is 4.02. The van der Waals surface area contributed by atoms with Gasteiger partial charge in [-0.05, 0) is 42.7 Å². The molecule has 1 aliphatic heterocycles. The van der Waals surface area contributed by atoms with Crippen LogP contribution in [0.4, 0.5) is 10.1 Å². The standard InChI is InChI=1S/C23H19FN4O5S/c24-14-3-6-18-16(11-14)21(29)20(23(30)28(18)9-7-13-1-2-13)22-26-17-5-4-15(33-10-8-25)12-19(17)34(31,32)27-22/h3-6,11-13,29H,1-2,7,9-10H2,(H,26,27). The van der Waals surface area contributed by atoms with E-state index in [1.165, 1.54) is 34.9 Å². The van der Waals surface area contributed by atoms with Crippen LogP contribution in [0.2, 0.25) is 0 Å². The van der Waals surface area contributed by atoms with Gasteiger partial charge in [-0.1, -0.05) is 12.8 Å². The van der Waals surface area contributed by atoms with Crippen molar-refractivity contribution in [3.05, 3.63) is 58.1 Å². The minimum absolute atomic E-state index is 0.0818. The number of nitriles is 1. The number of nitrogens with zero attached hydrogens (tertiary/aromatic N) is 3. The average molecular weight is 482 g/mol. The summed E-state index contributed by atoms with van der Waals surface area (Å²) in [6.07, 6.45) is 2.90. The fraction of sp³-hybridized carbons (Fsp3) is 0.261. The number of nitrogens with one attached hydrogen (secondary N) is 1. The largest absolute Gasteiger partial charge is 0.506 e. The summed E-state index contributed by atoms with van der Waals surface area (Å²) in [4.78, 5) is 13.3. The van der Waals surface area contributed by atoms with E-state index in [0.717, 1.165) is 25.3 Å². The lowest BCUT2D eigenvalue weighted by atomic mass is 10.1. The molecule has 174 valence electrons. The SMILES string of the molecule is N#CCOc1ccc2c(c1)S(=O)(=O)N=C(c1c(O)c3cc(F)ccc3n(CCC3CC3)c1=O)N2. The van der Waals surface area contributed by atoms with Gasteiger partial charge in [-0.2, -0.15) is 13.7 Å². The molecule has 0 radical (unpaired) electrons. The molecule has 2 aromatic carbocycles. The van der Waals surface area contributed by atoms with Crippen LogP contribution >= 0.6 is 0 Å². The highest BCUT2D eigenvalue weighted by Gasteiger charge is 2.31. The summed E-state index contributed by atoms with van der Waals surface area (Å²) in [7, 11) is -4.28. The number of fused-ring (bicyclic) bond motifs is 2. The maximum Gasteiger partial charge on any atom is 0.286 e. The second kappa shape index (κ2) is 8.14. The topological polar surface area (TPSA) is 134 Å². The number of pyridine rings is 1. The predicted molar refractivity (Wildman–Crippen MR) is 122 cm³/mol. The van der Waals surface area contributed by atoms with Crippen LogP contribution in [0.5, 0.6) is 11.5 Å². The van der Waals surface area contributed by atoms with Crippen molar-refractivity contribution in [2.45, 2.75) is 30.7 Å². The number of hydrogen-bond acceptors (Lipinski definition) is 7. The Bertz CT molecular complexity index is 1570. The number of aromatic hydroxyl groups is 1. The lowest BCUT2D eigenvalue weighted by Gasteiger charge is -2.21. The molecule has 0 saturated heterocycles. The van der Waals surface area contributed by atoms with Crippen molar-refractivity contribution in [3.8, 4) is 17.6 Å². The lowest BCUT2D eigenvalue weighted by molar-refractivity contribution is 0.367. The van der Waals surface area contributed by atoms with Gasteiger partial charge < -0.3 is 19.7 Å².